The summed E-state index contributed by atoms with van der Waals surface area (Å²) in [6, 6.07) is 8.72. The van der Waals surface area contributed by atoms with Gasteiger partial charge >= 0.3 is 12.1 Å². The Hall–Kier alpha value is -2.35. The van der Waals surface area contributed by atoms with Crippen LogP contribution in [0.3, 0.4) is 0 Å². The molecular weight excluding hydrogens is 351 g/mol. The Morgan fingerprint density at radius 1 is 1.19 bits per heavy atom. The Bertz CT molecular complexity index is 741. The molecule has 8 heteroatoms. The minimum absolute atomic E-state index is 0.00652. The van der Waals surface area contributed by atoms with E-state index in [2.05, 4.69) is 5.32 Å². The zero-order chi connectivity index (χ0) is 19.8. The smallest absolute Gasteiger partial charge is 0.432 e. The lowest BCUT2D eigenvalue weighted by Crippen LogP contribution is -2.57. The predicted molar refractivity (Wildman–Crippen MR) is 87.0 cm³/mol. The van der Waals surface area contributed by atoms with Gasteiger partial charge in [-0.15, -0.1) is 0 Å². The second kappa shape index (κ2) is 6.75. The minimum Gasteiger partial charge on any atom is -0.479 e. The highest BCUT2D eigenvalue weighted by Crippen LogP contribution is 2.45. The van der Waals surface area contributed by atoms with Gasteiger partial charge in [-0.2, -0.15) is 13.2 Å². The van der Waals surface area contributed by atoms with E-state index >= 15 is 0 Å². The maximum atomic E-state index is 13.4. The van der Waals surface area contributed by atoms with Crippen LogP contribution in [0.4, 0.5) is 13.2 Å². The summed E-state index contributed by atoms with van der Waals surface area (Å²) < 4.78 is 40.2. The third-order valence-electron chi connectivity index (χ3n) is 4.31. The molecule has 1 aliphatic rings. The van der Waals surface area contributed by atoms with Gasteiger partial charge in [0.1, 0.15) is 0 Å². The first-order chi connectivity index (χ1) is 11.9. The van der Waals surface area contributed by atoms with Gasteiger partial charge in [-0.1, -0.05) is 44.2 Å². The fourth-order valence-electron chi connectivity index (χ4n) is 3.07. The summed E-state index contributed by atoms with van der Waals surface area (Å²) in [7, 11) is 0. The molecule has 0 saturated heterocycles. The molecule has 1 atom stereocenters. The molecule has 2 rings (SSSR count). The number of allylic oxidation sites excluding steroid dienone is 1. The molecule has 0 aliphatic heterocycles. The molecule has 0 spiro atoms. The van der Waals surface area contributed by atoms with Crippen molar-refractivity contribution < 1.29 is 33.0 Å². The Kier molecular flexibility index (Phi) is 5.19. The average Bonchev–Trinajstić information content (AvgIpc) is 2.50. The highest BCUT2D eigenvalue weighted by Gasteiger charge is 2.65. The number of carbonyl (C=O) groups is 2. The van der Waals surface area contributed by atoms with Gasteiger partial charge in [-0.3, -0.25) is 4.79 Å². The minimum atomic E-state index is -5.54. The molecule has 1 aromatic carbocycles. The van der Waals surface area contributed by atoms with E-state index < -0.39 is 34.5 Å². The Morgan fingerprint density at radius 3 is 2.27 bits per heavy atom. The number of hydrogen-bond donors (Lipinski definition) is 3. The molecule has 1 aromatic rings. The third-order valence-corrected chi connectivity index (χ3v) is 4.31. The topological polar surface area (TPSA) is 86.6 Å². The van der Waals surface area contributed by atoms with E-state index in [1.807, 2.05) is 0 Å². The maximum Gasteiger partial charge on any atom is 0.432 e. The van der Waals surface area contributed by atoms with Gasteiger partial charge in [0.05, 0.1) is 5.57 Å². The first-order valence-electron chi connectivity index (χ1n) is 7.95. The number of carbonyl (C=O) groups excluding carboxylic acids is 1. The molecule has 142 valence electrons. The summed E-state index contributed by atoms with van der Waals surface area (Å²) in [5.74, 6) is -3.55. The molecule has 0 radical (unpaired) electrons. The van der Waals surface area contributed by atoms with Crippen molar-refractivity contribution in [3.05, 3.63) is 47.2 Å². The summed E-state index contributed by atoms with van der Waals surface area (Å²) in [5.41, 5.74) is -5.50. The number of nitrogens with one attached hydrogen (secondary N) is 1. The Morgan fingerprint density at radius 2 is 1.77 bits per heavy atom. The lowest BCUT2D eigenvalue weighted by atomic mass is 9.71. The number of carboxylic acid groups (broad SMARTS) is 1. The fourth-order valence-corrected chi connectivity index (χ4v) is 3.07. The number of aliphatic hydroxyl groups is 1. The van der Waals surface area contributed by atoms with E-state index in [1.165, 1.54) is 0 Å². The van der Waals surface area contributed by atoms with Crippen LogP contribution in [-0.2, 0) is 16.1 Å². The van der Waals surface area contributed by atoms with Crippen molar-refractivity contribution in [3.8, 4) is 0 Å². The van der Waals surface area contributed by atoms with Gasteiger partial charge in [0.25, 0.3) is 5.60 Å². The molecule has 3 N–H and O–H groups in total. The van der Waals surface area contributed by atoms with Crippen molar-refractivity contribution in [2.24, 2.45) is 5.41 Å². The number of alkyl halides is 3. The van der Waals surface area contributed by atoms with Gasteiger partial charge in [-0.25, -0.2) is 4.79 Å². The number of rotatable bonds is 5. The monoisotopic (exact) mass is 371 g/mol. The molecule has 26 heavy (non-hydrogen) atoms. The van der Waals surface area contributed by atoms with Gasteiger partial charge < -0.3 is 15.5 Å². The first-order valence-corrected chi connectivity index (χ1v) is 7.95. The third kappa shape index (κ3) is 3.75. The average molecular weight is 371 g/mol. The van der Waals surface area contributed by atoms with Crippen LogP contribution in [-0.4, -0.2) is 33.7 Å². The van der Waals surface area contributed by atoms with Crippen LogP contribution in [0.5, 0.6) is 0 Å². The normalized spacial score (nSPS) is 19.8. The highest BCUT2D eigenvalue weighted by molar-refractivity contribution is 6.05. The number of ketones is 1. The maximum absolute atomic E-state index is 13.4. The molecule has 0 heterocycles. The van der Waals surface area contributed by atoms with E-state index in [1.54, 1.807) is 44.2 Å². The highest BCUT2D eigenvalue weighted by atomic mass is 19.4. The molecule has 0 saturated carbocycles. The van der Waals surface area contributed by atoms with Crippen molar-refractivity contribution in [2.45, 2.75) is 45.0 Å². The van der Waals surface area contributed by atoms with Crippen molar-refractivity contribution in [2.75, 3.05) is 0 Å². The van der Waals surface area contributed by atoms with Gasteiger partial charge in [-0.05, 0) is 17.4 Å². The summed E-state index contributed by atoms with van der Waals surface area (Å²) in [4.78, 5) is 23.7. The van der Waals surface area contributed by atoms with Crippen molar-refractivity contribution >= 4 is 11.8 Å². The first kappa shape index (κ1) is 20.0. The van der Waals surface area contributed by atoms with E-state index in [9.17, 15) is 27.9 Å². The number of hydrogen-bond acceptors (Lipinski definition) is 4. The van der Waals surface area contributed by atoms with Crippen molar-refractivity contribution in [1.82, 2.24) is 5.32 Å². The van der Waals surface area contributed by atoms with Crippen LogP contribution in [0.2, 0.25) is 0 Å². The molecule has 0 aromatic heterocycles. The molecule has 0 fully saturated rings. The van der Waals surface area contributed by atoms with E-state index in [-0.39, 0.29) is 25.1 Å². The van der Waals surface area contributed by atoms with Gasteiger partial charge in [0.15, 0.2) is 5.78 Å². The number of Topliss-reactive ketones (excluding diaryl/α,β-unsaturated/α-hetero) is 1. The van der Waals surface area contributed by atoms with Crippen LogP contribution in [0.1, 0.15) is 32.3 Å². The number of carboxylic acids is 1. The molecular formula is C18H20F3NO4. The Balaban J connectivity index is 2.54. The predicted octanol–water partition coefficient (Wildman–Crippen LogP) is 2.80. The standard InChI is InChI=1S/C18H20F3NO4/c1-16(2)8-12(22-10-11-6-4-3-5-7-11)14(13(23)9-16)17(26,15(24)25)18(19,20)21/h3-7,22,26H,8-10H2,1-2H3,(H,24,25)/t17-/m0/s1. The van der Waals surface area contributed by atoms with E-state index in [4.69, 9.17) is 5.11 Å². The largest absolute Gasteiger partial charge is 0.479 e. The fraction of sp³-hybridized carbons (Fsp3) is 0.444. The number of halogens is 3. The zero-order valence-corrected chi connectivity index (χ0v) is 14.4. The van der Waals surface area contributed by atoms with Crippen LogP contribution in [0.25, 0.3) is 0 Å². The summed E-state index contributed by atoms with van der Waals surface area (Å²) in [6.07, 6.45) is -5.82. The molecule has 0 unspecified atom stereocenters. The summed E-state index contributed by atoms with van der Waals surface area (Å²) in [5, 5.41) is 21.8. The Labute approximate surface area is 148 Å². The molecule has 0 amide bonds. The zero-order valence-electron chi connectivity index (χ0n) is 14.4. The second-order valence-corrected chi connectivity index (χ2v) is 7.15. The SMILES string of the molecule is CC1(C)CC(=O)C([C@](O)(C(=O)O)C(F)(F)F)=C(NCc2ccccc2)C1. The van der Waals surface area contributed by atoms with Crippen LogP contribution in [0.15, 0.2) is 41.6 Å². The van der Waals surface area contributed by atoms with Gasteiger partial charge in [0, 0.05) is 18.7 Å². The quantitative estimate of drug-likeness (QED) is 0.741. The van der Waals surface area contributed by atoms with E-state index in [0.717, 1.165) is 5.56 Å². The van der Waals surface area contributed by atoms with Gasteiger partial charge in [0.2, 0.25) is 0 Å². The second-order valence-electron chi connectivity index (χ2n) is 7.15. The summed E-state index contributed by atoms with van der Waals surface area (Å²) >= 11 is 0. The lowest BCUT2D eigenvalue weighted by molar-refractivity contribution is -0.247. The van der Waals surface area contributed by atoms with Crippen molar-refractivity contribution in [3.63, 3.8) is 0 Å². The molecule has 1 aliphatic carbocycles. The molecule has 0 bridgehead atoms. The van der Waals surface area contributed by atoms with Crippen LogP contribution >= 0.6 is 0 Å². The number of aliphatic carboxylic acids is 1. The van der Waals surface area contributed by atoms with Crippen LogP contribution in [0, 0.1) is 5.41 Å². The van der Waals surface area contributed by atoms with Crippen molar-refractivity contribution in [1.29, 1.82) is 0 Å². The lowest BCUT2D eigenvalue weighted by Gasteiger charge is -2.38. The van der Waals surface area contributed by atoms with Crippen LogP contribution < -0.4 is 5.32 Å². The molecule has 5 nitrogen and oxygen atoms in total. The van der Waals surface area contributed by atoms with E-state index in [0.29, 0.717) is 0 Å². The number of benzene rings is 1. The summed E-state index contributed by atoms with van der Waals surface area (Å²) in [6.45, 7) is 3.48.